The van der Waals surface area contributed by atoms with E-state index in [0.29, 0.717) is 0 Å². The van der Waals surface area contributed by atoms with E-state index < -0.39 is 0 Å². The Kier molecular flexibility index (Phi) is 4.16. The van der Waals surface area contributed by atoms with E-state index in [0.717, 1.165) is 11.8 Å². The highest BCUT2D eigenvalue weighted by Gasteiger charge is 2.25. The van der Waals surface area contributed by atoms with Crippen molar-refractivity contribution in [3.05, 3.63) is 36.4 Å². The summed E-state index contributed by atoms with van der Waals surface area (Å²) in [6, 6.07) is 0. The van der Waals surface area contributed by atoms with Crippen LogP contribution in [0, 0.1) is 11.8 Å². The van der Waals surface area contributed by atoms with Crippen LogP contribution in [0.3, 0.4) is 0 Å². The van der Waals surface area contributed by atoms with Gasteiger partial charge in [0.05, 0.1) is 0 Å². The molecule has 2 bridgehead atoms. The molecule has 0 aromatic rings. The second-order valence-corrected chi connectivity index (χ2v) is 3.52. The van der Waals surface area contributed by atoms with Crippen molar-refractivity contribution in [3.63, 3.8) is 0 Å². The van der Waals surface area contributed by atoms with Gasteiger partial charge in [-0.1, -0.05) is 42.5 Å². The molecule has 1 fully saturated rings. The summed E-state index contributed by atoms with van der Waals surface area (Å²) in [6.45, 7) is 3.38. The lowest BCUT2D eigenvalue weighted by Crippen LogP contribution is -1.82. The summed E-state index contributed by atoms with van der Waals surface area (Å²) in [4.78, 5) is 0. The van der Waals surface area contributed by atoms with Crippen LogP contribution < -0.4 is 0 Å². The van der Waals surface area contributed by atoms with Crippen molar-refractivity contribution in [2.24, 2.45) is 11.8 Å². The van der Waals surface area contributed by atoms with Crippen molar-refractivity contribution >= 4 is 11.6 Å². The average Bonchev–Trinajstić information content (AvgIpc) is 2.69. The molecule has 0 amide bonds. The molecule has 2 atom stereocenters. The number of hydrogen-bond donors (Lipinski definition) is 0. The van der Waals surface area contributed by atoms with Crippen molar-refractivity contribution in [2.75, 3.05) is 0 Å². The Bertz CT molecular complexity index is 179. The van der Waals surface area contributed by atoms with Gasteiger partial charge in [-0.3, -0.25) is 0 Å². The normalized spacial score (nSPS) is 30.4. The third kappa shape index (κ3) is 2.86. The molecule has 2 aliphatic rings. The predicted octanol–water partition coefficient (Wildman–Crippen LogP) is 3.90. The van der Waals surface area contributed by atoms with Crippen molar-refractivity contribution in [1.82, 2.24) is 0 Å². The van der Waals surface area contributed by atoms with E-state index >= 15 is 0 Å². The minimum atomic E-state index is 0.991. The van der Waals surface area contributed by atoms with E-state index in [4.69, 9.17) is 11.6 Å². The van der Waals surface area contributed by atoms with Crippen LogP contribution in [-0.2, 0) is 0 Å². The quantitative estimate of drug-likeness (QED) is 0.426. The Morgan fingerprint density at radius 2 is 1.83 bits per heavy atom. The van der Waals surface area contributed by atoms with E-state index in [9.17, 15) is 0 Å². The lowest BCUT2D eigenvalue weighted by atomic mass is 10.1. The summed E-state index contributed by atoms with van der Waals surface area (Å²) < 4.78 is 0. The van der Waals surface area contributed by atoms with E-state index in [1.54, 1.807) is 12.2 Å². The molecule has 66 valence electrons. The maximum absolute atomic E-state index is 5.05. The molecule has 0 heterocycles. The summed E-state index contributed by atoms with van der Waals surface area (Å²) in [7, 11) is 0. The molecule has 0 N–H and O–H groups in total. The van der Waals surface area contributed by atoms with E-state index in [1.807, 2.05) is 0 Å². The van der Waals surface area contributed by atoms with Gasteiger partial charge in [0, 0.05) is 5.54 Å². The second kappa shape index (κ2) is 5.21. The van der Waals surface area contributed by atoms with Gasteiger partial charge in [-0.05, 0) is 31.1 Å². The maximum Gasteiger partial charge on any atom is 0.00422 e. The highest BCUT2D eigenvalue weighted by atomic mass is 35.5. The van der Waals surface area contributed by atoms with Crippen LogP contribution >= 0.6 is 11.6 Å². The Labute approximate surface area is 79.6 Å². The van der Waals surface area contributed by atoms with Gasteiger partial charge < -0.3 is 0 Å². The van der Waals surface area contributed by atoms with Crippen molar-refractivity contribution < 1.29 is 0 Å². The zero-order valence-corrected chi connectivity index (χ0v) is 8.00. The van der Waals surface area contributed by atoms with Crippen LogP contribution in [0.2, 0.25) is 0 Å². The molecule has 2 aliphatic carbocycles. The molecule has 12 heavy (non-hydrogen) atoms. The van der Waals surface area contributed by atoms with E-state index in [2.05, 4.69) is 18.7 Å². The molecule has 0 aromatic heterocycles. The topological polar surface area (TPSA) is 0 Å². The number of halogens is 1. The number of allylic oxidation sites excluding steroid dienone is 4. The minimum absolute atomic E-state index is 0.991. The number of rotatable bonds is 1. The first kappa shape index (κ1) is 9.60. The molecule has 2 rings (SSSR count). The highest BCUT2D eigenvalue weighted by Crippen LogP contribution is 2.38. The maximum atomic E-state index is 5.05. The van der Waals surface area contributed by atoms with Gasteiger partial charge >= 0.3 is 0 Å². The Hall–Kier alpha value is -0.490. The second-order valence-electron chi connectivity index (χ2n) is 3.27. The molecule has 0 aromatic carbocycles. The zero-order valence-electron chi connectivity index (χ0n) is 7.25. The monoisotopic (exact) mass is 182 g/mol. The minimum Gasteiger partial charge on any atom is -0.0990 e. The molecule has 0 radical (unpaired) electrons. The highest BCUT2D eigenvalue weighted by molar-refractivity contribution is 6.25. The van der Waals surface area contributed by atoms with Crippen LogP contribution in [0.1, 0.15) is 19.3 Å². The molecule has 1 saturated carbocycles. The van der Waals surface area contributed by atoms with Crippen molar-refractivity contribution in [1.29, 1.82) is 0 Å². The van der Waals surface area contributed by atoms with Crippen LogP contribution in [-0.4, -0.2) is 0 Å². The van der Waals surface area contributed by atoms with Crippen molar-refractivity contribution in [3.8, 4) is 0 Å². The molecule has 0 nitrogen and oxygen atoms in total. The van der Waals surface area contributed by atoms with Crippen LogP contribution in [0.25, 0.3) is 0 Å². The van der Waals surface area contributed by atoms with Gasteiger partial charge in [-0.2, -0.15) is 0 Å². The number of hydrogen-bond acceptors (Lipinski definition) is 0. The smallest absolute Gasteiger partial charge is 0.00422 e. The van der Waals surface area contributed by atoms with E-state index in [-0.39, 0.29) is 0 Å². The van der Waals surface area contributed by atoms with Crippen molar-refractivity contribution in [2.45, 2.75) is 19.3 Å². The predicted molar refractivity (Wildman–Crippen MR) is 55.2 cm³/mol. The van der Waals surface area contributed by atoms with E-state index in [1.165, 1.54) is 24.8 Å². The van der Waals surface area contributed by atoms with Gasteiger partial charge in [0.2, 0.25) is 0 Å². The number of fused-ring (bicyclic) bond motifs is 2. The molecule has 1 heteroatoms. The van der Waals surface area contributed by atoms with Gasteiger partial charge in [0.15, 0.2) is 0 Å². The average molecular weight is 183 g/mol. The fourth-order valence-electron chi connectivity index (χ4n) is 1.77. The standard InChI is InChI=1S/C7H10.C4H5Cl/c1-2-7-4-3-6(1)5-7;1-2-3-4-5/h1-2,6-7H,3-5H2;2-4H,1H2. The third-order valence-electron chi connectivity index (χ3n) is 2.38. The fraction of sp³-hybridized carbons (Fsp3) is 0.455. The third-order valence-corrected chi connectivity index (χ3v) is 2.52. The van der Waals surface area contributed by atoms with Crippen LogP contribution in [0.5, 0.6) is 0 Å². The Morgan fingerprint density at radius 1 is 1.25 bits per heavy atom. The Morgan fingerprint density at radius 3 is 1.92 bits per heavy atom. The van der Waals surface area contributed by atoms with Crippen LogP contribution in [0.4, 0.5) is 0 Å². The summed E-state index contributed by atoms with van der Waals surface area (Å²) >= 11 is 5.05. The summed E-state index contributed by atoms with van der Waals surface area (Å²) in [5.41, 5.74) is 1.41. The first-order valence-electron chi connectivity index (χ1n) is 4.43. The lowest BCUT2D eigenvalue weighted by molar-refractivity contribution is 0.691. The SMILES string of the molecule is C1=CC2CCC1C2.C=CC=CCl. The van der Waals surface area contributed by atoms with Crippen LogP contribution in [0.15, 0.2) is 36.4 Å². The summed E-state index contributed by atoms with van der Waals surface area (Å²) in [5, 5.41) is 0. The molecular weight excluding hydrogens is 168 g/mol. The molecule has 0 aliphatic heterocycles. The molecule has 0 spiro atoms. The zero-order chi connectivity index (χ0) is 8.81. The lowest BCUT2D eigenvalue weighted by Gasteiger charge is -1.96. The summed E-state index contributed by atoms with van der Waals surface area (Å²) in [6.07, 6.45) is 12.5. The molecule has 0 saturated heterocycles. The first-order valence-corrected chi connectivity index (χ1v) is 4.86. The first-order chi connectivity index (χ1) is 5.86. The van der Waals surface area contributed by atoms with Gasteiger partial charge in [0.25, 0.3) is 0 Å². The molecule has 2 unspecified atom stereocenters. The fourth-order valence-corrected chi connectivity index (χ4v) is 1.87. The Balaban J connectivity index is 0.000000130. The van der Waals surface area contributed by atoms with Gasteiger partial charge in [-0.25, -0.2) is 0 Å². The largest absolute Gasteiger partial charge is 0.0990 e. The molecular formula is C11H15Cl. The van der Waals surface area contributed by atoms with Gasteiger partial charge in [-0.15, -0.1) is 0 Å². The van der Waals surface area contributed by atoms with Gasteiger partial charge in [0.1, 0.15) is 0 Å². The summed E-state index contributed by atoms with van der Waals surface area (Å²) in [5.74, 6) is 1.98.